The highest BCUT2D eigenvalue weighted by Gasteiger charge is 2.28. The zero-order valence-corrected chi connectivity index (χ0v) is 46.3. The van der Waals surface area contributed by atoms with Crippen molar-refractivity contribution in [1.82, 2.24) is 0 Å². The molecule has 0 bridgehead atoms. The van der Waals surface area contributed by atoms with Crippen LogP contribution in [0.15, 0.2) is 97.2 Å². The highest BCUT2D eigenvalue weighted by molar-refractivity contribution is 7.47. The predicted octanol–water partition coefficient (Wildman–Crippen LogP) is 16.5. The molecule has 0 radical (unpaired) electrons. The van der Waals surface area contributed by atoms with Crippen LogP contribution in [-0.4, -0.2) is 66.5 Å². The van der Waals surface area contributed by atoms with Crippen LogP contribution in [0.3, 0.4) is 0 Å². The number of allylic oxidation sites excluding steroid dienone is 15. The number of hydrogen-bond donors (Lipinski definition) is 2. The average Bonchev–Trinajstić information content (AvgIpc) is 3.37. The third kappa shape index (κ3) is 51.3. The Balaban J connectivity index is 4.85. The smallest absolute Gasteiger partial charge is 0.461 e. The van der Waals surface area contributed by atoms with E-state index in [1.807, 2.05) is 12.2 Å². The Morgan fingerprint density at radius 1 is 0.417 bits per heavy atom. The normalized spacial score (nSPS) is 14.1. The topological polar surface area (TPSA) is 155 Å². The molecule has 12 heteroatoms. The first-order valence-corrected chi connectivity index (χ1v) is 29.6. The van der Waals surface area contributed by atoms with Gasteiger partial charge in [-0.3, -0.25) is 23.4 Å². The Morgan fingerprint density at radius 2 is 0.764 bits per heavy atom. The van der Waals surface area contributed by atoms with Gasteiger partial charge in [0.05, 0.1) is 26.2 Å². The van der Waals surface area contributed by atoms with Gasteiger partial charge in [-0.05, 0) is 103 Å². The van der Waals surface area contributed by atoms with Crippen molar-refractivity contribution in [3.8, 4) is 0 Å². The van der Waals surface area contributed by atoms with Gasteiger partial charge < -0.3 is 24.2 Å². The van der Waals surface area contributed by atoms with Crippen molar-refractivity contribution < 1.29 is 52.2 Å². The van der Waals surface area contributed by atoms with Crippen LogP contribution >= 0.6 is 7.82 Å². The molecule has 2 N–H and O–H groups in total. The minimum Gasteiger partial charge on any atom is -0.461 e. The van der Waals surface area contributed by atoms with Crippen LogP contribution in [0.5, 0.6) is 0 Å². The quantitative estimate of drug-likeness (QED) is 0.0197. The van der Waals surface area contributed by atoms with Gasteiger partial charge in [0.2, 0.25) is 0 Å². The number of rotatable bonds is 51. The molecule has 0 fully saturated rings. The molecular weight excluding hydrogens is 928 g/mol. The maximum absolute atomic E-state index is 12.9. The number of carbonyl (C=O) groups is 3. The van der Waals surface area contributed by atoms with Crippen LogP contribution < -0.4 is 0 Å². The van der Waals surface area contributed by atoms with Crippen LogP contribution in [0, 0.1) is 0 Å². The number of aliphatic hydroxyl groups is 1. The molecule has 72 heavy (non-hydrogen) atoms. The summed E-state index contributed by atoms with van der Waals surface area (Å²) in [6.07, 6.45) is 62.5. The summed E-state index contributed by atoms with van der Waals surface area (Å²) in [7, 11) is -4.78. The van der Waals surface area contributed by atoms with Gasteiger partial charge in [0.25, 0.3) is 0 Å². The Morgan fingerprint density at radius 3 is 1.22 bits per heavy atom. The summed E-state index contributed by atoms with van der Waals surface area (Å²) in [6, 6.07) is 0. The van der Waals surface area contributed by atoms with Gasteiger partial charge in [0.1, 0.15) is 12.7 Å². The summed E-state index contributed by atoms with van der Waals surface area (Å²) >= 11 is 0. The Labute approximate surface area is 438 Å². The van der Waals surface area contributed by atoms with E-state index in [0.29, 0.717) is 19.3 Å². The molecule has 0 aromatic rings. The molecule has 0 rings (SSSR count). The van der Waals surface area contributed by atoms with Crippen LogP contribution in [0.1, 0.15) is 226 Å². The third-order valence-electron chi connectivity index (χ3n) is 11.5. The Hall–Kier alpha value is -3.60. The van der Waals surface area contributed by atoms with E-state index >= 15 is 0 Å². The Bertz CT molecular complexity index is 1580. The van der Waals surface area contributed by atoms with Crippen molar-refractivity contribution in [3.63, 3.8) is 0 Å². The number of aliphatic hydroxyl groups excluding tert-OH is 1. The second kappa shape index (κ2) is 53.7. The van der Waals surface area contributed by atoms with E-state index in [1.54, 1.807) is 6.08 Å². The summed E-state index contributed by atoms with van der Waals surface area (Å²) in [6.45, 7) is 4.35. The standard InChI is InChI=1S/C60H101O11P/c1-4-7-10-13-16-19-22-25-28-31-34-37-40-43-46-49-58(62)67-53-57(71-60(64)51-48-45-42-39-36-33-30-27-24-21-18-15-12-9-6-3)55-69-72(65,66)68-54-56(52-61)70-59(63)50-47-44-41-38-35-32-29-26-23-20-17-14-11-8-5-2/h7,10,16,18-19,21,25-30,34,37,43,46,56-57,61H,4-6,8-9,11-15,17,20,22-24,31-33,35-36,38-42,44-45,47-55H2,1-3H3,(H,65,66)/b10-7-,19-16-,21-18-,28-25-,29-26-,30-27-,37-34-,46-43-. The molecular formula is C60H101O11P. The number of phosphoric acid groups is 1. The summed E-state index contributed by atoms with van der Waals surface area (Å²) in [5.74, 6) is -1.65. The fraction of sp³-hybridized carbons (Fsp3) is 0.683. The molecule has 3 unspecified atom stereocenters. The van der Waals surface area contributed by atoms with Crippen LogP contribution in [-0.2, 0) is 42.2 Å². The second-order valence-corrected chi connectivity index (χ2v) is 19.8. The average molecular weight is 1030 g/mol. The highest BCUT2D eigenvalue weighted by atomic mass is 31.2. The van der Waals surface area contributed by atoms with Gasteiger partial charge in [-0.25, -0.2) is 4.57 Å². The largest absolute Gasteiger partial charge is 0.472 e. The molecule has 0 aliphatic heterocycles. The van der Waals surface area contributed by atoms with E-state index < -0.39 is 64.4 Å². The first-order valence-electron chi connectivity index (χ1n) is 28.1. The SMILES string of the molecule is CC/C=C\C/C=C\C/C=C\C/C=C\C/C=C\CC(=O)OCC(COP(=O)(O)OCC(CO)OC(=O)CCCCCCC/C=C\CCCCCCCC)OC(=O)CCCCCCC/C=C\C/C=C\CCCCC. The molecule has 0 amide bonds. The minimum absolute atomic E-state index is 0.0128. The number of phosphoric ester groups is 1. The van der Waals surface area contributed by atoms with E-state index in [1.165, 1.54) is 57.8 Å². The number of carbonyl (C=O) groups excluding carboxylic acids is 3. The van der Waals surface area contributed by atoms with Crippen molar-refractivity contribution in [2.45, 2.75) is 238 Å². The number of ether oxygens (including phenoxy) is 3. The van der Waals surface area contributed by atoms with Crippen LogP contribution in [0.4, 0.5) is 0 Å². The van der Waals surface area contributed by atoms with Crippen molar-refractivity contribution >= 4 is 25.7 Å². The maximum Gasteiger partial charge on any atom is 0.472 e. The van der Waals surface area contributed by atoms with Crippen molar-refractivity contribution in [2.24, 2.45) is 0 Å². The lowest BCUT2D eigenvalue weighted by Gasteiger charge is -2.21. The van der Waals surface area contributed by atoms with Crippen LogP contribution in [0.2, 0.25) is 0 Å². The molecule has 0 aliphatic rings. The van der Waals surface area contributed by atoms with Gasteiger partial charge in [-0.15, -0.1) is 0 Å². The molecule has 0 aromatic heterocycles. The van der Waals surface area contributed by atoms with Gasteiger partial charge in [-0.1, -0.05) is 201 Å². The minimum atomic E-state index is -4.78. The summed E-state index contributed by atoms with van der Waals surface area (Å²) in [5, 5.41) is 9.80. The molecule has 0 spiro atoms. The van der Waals surface area contributed by atoms with Gasteiger partial charge in [0.15, 0.2) is 6.10 Å². The summed E-state index contributed by atoms with van der Waals surface area (Å²) < 4.78 is 39.3. The number of unbranched alkanes of at least 4 members (excludes halogenated alkanes) is 19. The molecule has 0 aliphatic carbocycles. The van der Waals surface area contributed by atoms with Gasteiger partial charge in [-0.2, -0.15) is 0 Å². The summed E-state index contributed by atoms with van der Waals surface area (Å²) in [4.78, 5) is 48.4. The fourth-order valence-electron chi connectivity index (χ4n) is 7.22. The molecule has 0 heterocycles. The zero-order valence-electron chi connectivity index (χ0n) is 45.4. The number of esters is 3. The summed E-state index contributed by atoms with van der Waals surface area (Å²) in [5.41, 5.74) is 0. The molecule has 0 saturated heterocycles. The fourth-order valence-corrected chi connectivity index (χ4v) is 8.00. The monoisotopic (exact) mass is 1030 g/mol. The predicted molar refractivity (Wildman–Crippen MR) is 297 cm³/mol. The van der Waals surface area contributed by atoms with E-state index in [4.69, 9.17) is 23.3 Å². The van der Waals surface area contributed by atoms with E-state index in [9.17, 15) is 28.9 Å². The molecule has 0 aromatic carbocycles. The van der Waals surface area contributed by atoms with Gasteiger partial charge >= 0.3 is 25.7 Å². The number of hydrogen-bond acceptors (Lipinski definition) is 10. The molecule has 11 nitrogen and oxygen atoms in total. The lowest BCUT2D eigenvalue weighted by molar-refractivity contribution is -0.161. The van der Waals surface area contributed by atoms with E-state index in [-0.39, 0.29) is 19.3 Å². The van der Waals surface area contributed by atoms with Crippen LogP contribution in [0.25, 0.3) is 0 Å². The highest BCUT2D eigenvalue weighted by Crippen LogP contribution is 2.43. The van der Waals surface area contributed by atoms with E-state index in [0.717, 1.165) is 109 Å². The second-order valence-electron chi connectivity index (χ2n) is 18.4. The molecule has 0 saturated carbocycles. The first-order chi connectivity index (χ1) is 35.2. The first kappa shape index (κ1) is 68.4. The van der Waals surface area contributed by atoms with E-state index in [2.05, 4.69) is 99.8 Å². The molecule has 412 valence electrons. The van der Waals surface area contributed by atoms with Crippen molar-refractivity contribution in [1.29, 1.82) is 0 Å². The Kier molecular flexibility index (Phi) is 51.0. The lowest BCUT2D eigenvalue weighted by Crippen LogP contribution is -2.30. The molecule has 3 atom stereocenters. The lowest BCUT2D eigenvalue weighted by atomic mass is 10.1. The van der Waals surface area contributed by atoms with Gasteiger partial charge in [0, 0.05) is 12.8 Å². The third-order valence-corrected chi connectivity index (χ3v) is 12.4. The zero-order chi connectivity index (χ0) is 52.7. The van der Waals surface area contributed by atoms with Crippen molar-refractivity contribution in [2.75, 3.05) is 26.4 Å². The van der Waals surface area contributed by atoms with Crippen molar-refractivity contribution in [3.05, 3.63) is 97.2 Å². The maximum atomic E-state index is 12.9.